The fourth-order valence-corrected chi connectivity index (χ4v) is 2.81. The average Bonchev–Trinajstić information content (AvgIpc) is 1.98. The zero-order valence-electron chi connectivity index (χ0n) is 10.5. The number of halogens is 1. The summed E-state index contributed by atoms with van der Waals surface area (Å²) in [6, 6.07) is 0. The van der Waals surface area contributed by atoms with Gasteiger partial charge in [-0.05, 0) is 24.2 Å². The van der Waals surface area contributed by atoms with Crippen LogP contribution in [0.3, 0.4) is 0 Å². The molecule has 0 aliphatic heterocycles. The van der Waals surface area contributed by atoms with E-state index < -0.39 is 7.68 Å². The van der Waals surface area contributed by atoms with E-state index in [9.17, 15) is 8.76 Å². The van der Waals surface area contributed by atoms with E-state index in [1.165, 1.54) is 0 Å². The van der Waals surface area contributed by atoms with Gasteiger partial charge in [0, 0.05) is 0 Å². The van der Waals surface area contributed by atoms with Crippen molar-refractivity contribution < 1.29 is 13.3 Å². The van der Waals surface area contributed by atoms with E-state index >= 15 is 0 Å². The third kappa shape index (κ3) is 9.07. The Labute approximate surface area is 93.2 Å². The number of hydrogen-bond acceptors (Lipinski definition) is 2. The van der Waals surface area contributed by atoms with E-state index in [1.807, 2.05) is 6.92 Å². The van der Waals surface area contributed by atoms with Gasteiger partial charge in [-0.25, -0.2) is 0 Å². The van der Waals surface area contributed by atoms with Crippen LogP contribution in [0, 0.1) is 11.3 Å². The van der Waals surface area contributed by atoms with Crippen LogP contribution in [0.4, 0.5) is 4.20 Å². The van der Waals surface area contributed by atoms with Crippen LogP contribution in [-0.2, 0) is 9.09 Å². The second-order valence-corrected chi connectivity index (χ2v) is 7.37. The van der Waals surface area contributed by atoms with E-state index in [0.29, 0.717) is 6.42 Å². The summed E-state index contributed by atoms with van der Waals surface area (Å²) < 4.78 is 29.3. The van der Waals surface area contributed by atoms with Crippen molar-refractivity contribution in [1.29, 1.82) is 0 Å². The summed E-state index contributed by atoms with van der Waals surface area (Å²) in [5.74, 6) is 0.242. The first kappa shape index (κ1) is 15.1. The lowest BCUT2D eigenvalue weighted by Crippen LogP contribution is -2.14. The molecule has 0 rings (SSSR count). The van der Waals surface area contributed by atoms with Crippen molar-refractivity contribution >= 4 is 7.68 Å². The van der Waals surface area contributed by atoms with Crippen molar-refractivity contribution in [2.24, 2.45) is 11.3 Å². The first-order valence-corrected chi connectivity index (χ1v) is 7.29. The molecule has 0 amide bonds. The molecule has 2 unspecified atom stereocenters. The van der Waals surface area contributed by atoms with Crippen molar-refractivity contribution in [3.05, 3.63) is 0 Å². The average molecular weight is 238 g/mol. The topological polar surface area (TPSA) is 26.3 Å². The van der Waals surface area contributed by atoms with Gasteiger partial charge in [-0.15, -0.1) is 0 Å². The Kier molecular flexibility index (Phi) is 6.05. The molecule has 0 aromatic rings. The second-order valence-electron chi connectivity index (χ2n) is 5.48. The van der Waals surface area contributed by atoms with Crippen molar-refractivity contribution in [1.82, 2.24) is 0 Å². The Balaban J connectivity index is 3.90. The van der Waals surface area contributed by atoms with Crippen molar-refractivity contribution in [2.45, 2.75) is 47.5 Å². The summed E-state index contributed by atoms with van der Waals surface area (Å²) >= 11 is 0. The Morgan fingerprint density at radius 1 is 1.40 bits per heavy atom. The number of rotatable bonds is 6. The van der Waals surface area contributed by atoms with Crippen LogP contribution in [0.25, 0.3) is 0 Å². The van der Waals surface area contributed by atoms with E-state index in [-0.39, 0.29) is 24.1 Å². The van der Waals surface area contributed by atoms with Gasteiger partial charge in [0.2, 0.25) is 0 Å². The van der Waals surface area contributed by atoms with Crippen LogP contribution in [0.2, 0.25) is 0 Å². The lowest BCUT2D eigenvalue weighted by Gasteiger charge is -2.23. The fourth-order valence-electron chi connectivity index (χ4n) is 1.67. The highest BCUT2D eigenvalue weighted by Crippen LogP contribution is 2.49. The Morgan fingerprint density at radius 3 is 2.33 bits per heavy atom. The standard InChI is InChI=1S/C11H24FO2P/c1-6-7-15(12,13)14-9-10(2)8-11(3,4)5/h10H,6-9H2,1-5H3. The molecule has 0 aromatic heterocycles. The zero-order chi connectivity index (χ0) is 12.1. The molecule has 0 saturated heterocycles. The van der Waals surface area contributed by atoms with Crippen LogP contribution in [0.15, 0.2) is 0 Å². The van der Waals surface area contributed by atoms with Gasteiger partial charge in [-0.2, -0.15) is 4.20 Å². The van der Waals surface area contributed by atoms with Gasteiger partial charge in [-0.3, -0.25) is 4.57 Å². The summed E-state index contributed by atoms with van der Waals surface area (Å²) in [7, 11) is -3.81. The summed E-state index contributed by atoms with van der Waals surface area (Å²) in [5.41, 5.74) is 0.202. The molecule has 92 valence electrons. The third-order valence-electron chi connectivity index (χ3n) is 2.00. The van der Waals surface area contributed by atoms with Gasteiger partial charge in [0.15, 0.2) is 0 Å². The molecule has 0 fully saturated rings. The third-order valence-corrected chi connectivity index (χ3v) is 3.52. The summed E-state index contributed by atoms with van der Waals surface area (Å²) in [6.07, 6.45) is 1.54. The van der Waals surface area contributed by atoms with E-state index in [1.54, 1.807) is 6.92 Å². The van der Waals surface area contributed by atoms with E-state index in [2.05, 4.69) is 20.8 Å². The molecule has 0 aromatic carbocycles. The van der Waals surface area contributed by atoms with Crippen LogP contribution < -0.4 is 0 Å². The summed E-state index contributed by atoms with van der Waals surface area (Å²) in [4.78, 5) is 0. The molecule has 0 radical (unpaired) electrons. The smallest absolute Gasteiger partial charge is 0.305 e. The monoisotopic (exact) mass is 238 g/mol. The fraction of sp³-hybridized carbons (Fsp3) is 1.00. The molecule has 0 heterocycles. The summed E-state index contributed by atoms with van der Waals surface area (Å²) in [5, 5.41) is 0. The zero-order valence-corrected chi connectivity index (χ0v) is 11.4. The largest absolute Gasteiger partial charge is 0.367 e. The van der Waals surface area contributed by atoms with E-state index in [0.717, 1.165) is 6.42 Å². The molecule has 0 aliphatic rings. The number of hydrogen-bond donors (Lipinski definition) is 0. The quantitative estimate of drug-likeness (QED) is 0.630. The Bertz CT molecular complexity index is 223. The SMILES string of the molecule is CCCP(=O)(F)OCC(C)CC(C)(C)C. The molecule has 2 nitrogen and oxygen atoms in total. The predicted molar refractivity (Wildman–Crippen MR) is 63.1 cm³/mol. The van der Waals surface area contributed by atoms with Crippen molar-refractivity contribution in [3.8, 4) is 0 Å². The molecule has 2 atom stereocenters. The minimum absolute atomic E-state index is 0.0369. The predicted octanol–water partition coefficient (Wildman–Crippen LogP) is 4.65. The molecule has 15 heavy (non-hydrogen) atoms. The normalized spacial score (nSPS) is 18.5. The molecular weight excluding hydrogens is 214 g/mol. The maximum absolute atomic E-state index is 13.2. The second kappa shape index (κ2) is 6.00. The highest BCUT2D eigenvalue weighted by molar-refractivity contribution is 7.53. The molecule has 0 saturated carbocycles. The molecular formula is C11H24FO2P. The van der Waals surface area contributed by atoms with Gasteiger partial charge in [0.1, 0.15) is 0 Å². The minimum Gasteiger partial charge on any atom is -0.305 e. The lowest BCUT2D eigenvalue weighted by atomic mass is 9.86. The highest BCUT2D eigenvalue weighted by atomic mass is 31.2. The van der Waals surface area contributed by atoms with Gasteiger partial charge in [-0.1, -0.05) is 34.6 Å². The molecule has 0 bridgehead atoms. The molecule has 4 heteroatoms. The van der Waals surface area contributed by atoms with Crippen LogP contribution in [0.1, 0.15) is 47.5 Å². The molecule has 0 N–H and O–H groups in total. The van der Waals surface area contributed by atoms with Crippen LogP contribution >= 0.6 is 7.68 Å². The Hall–Kier alpha value is 0.120. The molecule has 0 aliphatic carbocycles. The van der Waals surface area contributed by atoms with Gasteiger partial charge in [0.05, 0.1) is 12.8 Å². The van der Waals surface area contributed by atoms with Crippen LogP contribution in [0.5, 0.6) is 0 Å². The van der Waals surface area contributed by atoms with E-state index in [4.69, 9.17) is 4.52 Å². The summed E-state index contributed by atoms with van der Waals surface area (Å²) in [6.45, 7) is 10.4. The Morgan fingerprint density at radius 2 is 1.93 bits per heavy atom. The minimum atomic E-state index is -3.81. The van der Waals surface area contributed by atoms with Crippen LogP contribution in [-0.4, -0.2) is 12.8 Å². The van der Waals surface area contributed by atoms with Gasteiger partial charge < -0.3 is 4.52 Å². The van der Waals surface area contributed by atoms with Crippen molar-refractivity contribution in [3.63, 3.8) is 0 Å². The van der Waals surface area contributed by atoms with Gasteiger partial charge in [0.25, 0.3) is 0 Å². The van der Waals surface area contributed by atoms with Gasteiger partial charge >= 0.3 is 7.68 Å². The first-order chi connectivity index (χ1) is 6.66. The van der Waals surface area contributed by atoms with Crippen molar-refractivity contribution in [2.75, 3.05) is 12.8 Å². The maximum atomic E-state index is 13.2. The lowest BCUT2D eigenvalue weighted by molar-refractivity contribution is 0.198. The first-order valence-electron chi connectivity index (χ1n) is 5.59. The molecule has 0 spiro atoms. The maximum Gasteiger partial charge on any atom is 0.367 e. The highest BCUT2D eigenvalue weighted by Gasteiger charge is 2.23.